The maximum atomic E-state index is 10.0. The maximum absolute atomic E-state index is 10.0. The van der Waals surface area contributed by atoms with Crippen molar-refractivity contribution in [1.29, 1.82) is 0 Å². The number of carbonyl (C=O) groups excluding carboxylic acids is 3. The highest BCUT2D eigenvalue weighted by Crippen LogP contribution is 2.40. The minimum absolute atomic E-state index is 0.0881. The minimum atomic E-state index is -0.0881. The molecule has 0 aromatic rings. The molecule has 0 saturated heterocycles. The van der Waals surface area contributed by atoms with Gasteiger partial charge in [0.05, 0.1) is 23.7 Å². The molecule has 0 rings (SSSR count). The van der Waals surface area contributed by atoms with Gasteiger partial charge in [-0.25, -0.2) is 29.4 Å². The van der Waals surface area contributed by atoms with Crippen LogP contribution in [0.25, 0.3) is 0 Å². The maximum Gasteiger partial charge on any atom is 0.234 e. The van der Waals surface area contributed by atoms with Crippen LogP contribution in [0.5, 0.6) is 0 Å². The van der Waals surface area contributed by atoms with Crippen LogP contribution in [0.3, 0.4) is 0 Å². The summed E-state index contributed by atoms with van der Waals surface area (Å²) < 4.78 is -0.0881. The van der Waals surface area contributed by atoms with Crippen LogP contribution >= 0.6 is 23.5 Å². The summed E-state index contributed by atoms with van der Waals surface area (Å²) in [5.41, 5.74) is 0. The van der Waals surface area contributed by atoms with Gasteiger partial charge in [-0.2, -0.15) is 0 Å². The van der Waals surface area contributed by atoms with Gasteiger partial charge in [0.2, 0.25) is 18.2 Å². The Kier molecular flexibility index (Phi) is 12.1. The van der Waals surface area contributed by atoms with Gasteiger partial charge in [-0.15, -0.1) is 23.5 Å². The topological polar surface area (TPSA) is 88.3 Å². The van der Waals surface area contributed by atoms with E-state index in [1.165, 1.54) is 18.2 Å². The van der Waals surface area contributed by atoms with E-state index in [-0.39, 0.29) is 4.08 Å². The fourth-order valence-electron chi connectivity index (χ4n) is 1.42. The van der Waals surface area contributed by atoms with Crippen LogP contribution in [-0.4, -0.2) is 53.5 Å². The molecule has 0 radical (unpaired) electrons. The quantitative estimate of drug-likeness (QED) is 0.238. The van der Waals surface area contributed by atoms with E-state index in [0.717, 1.165) is 12.8 Å². The van der Waals surface area contributed by atoms with Crippen LogP contribution in [0, 0.1) is 0 Å². The van der Waals surface area contributed by atoms with E-state index in [9.17, 15) is 14.4 Å². The molecule has 0 aliphatic rings. The van der Waals surface area contributed by atoms with Gasteiger partial charge in [0.15, 0.2) is 0 Å². The van der Waals surface area contributed by atoms with Crippen LogP contribution in [0.4, 0.5) is 0 Å². The van der Waals surface area contributed by atoms with E-state index < -0.39 is 0 Å². The first kappa shape index (κ1) is 18.8. The van der Waals surface area contributed by atoms with E-state index in [2.05, 4.69) is 21.9 Å². The van der Waals surface area contributed by atoms with Gasteiger partial charge in [0, 0.05) is 11.5 Å². The molecule has 0 atom stereocenters. The minimum Gasteiger partial charge on any atom is -0.211 e. The molecular weight excluding hydrogens is 298 g/mol. The average molecular weight is 315 g/mol. The summed E-state index contributed by atoms with van der Waals surface area (Å²) >= 11 is 3.38. The molecule has 0 aromatic carbocycles. The van der Waals surface area contributed by atoms with E-state index in [1.807, 2.05) is 0 Å². The number of hydrogen-bond acceptors (Lipinski definition) is 8. The second kappa shape index (κ2) is 12.9. The predicted molar refractivity (Wildman–Crippen MR) is 81.5 cm³/mol. The molecule has 0 aliphatic heterocycles. The van der Waals surface area contributed by atoms with Gasteiger partial charge in [-0.3, -0.25) is 0 Å². The van der Waals surface area contributed by atoms with Gasteiger partial charge in [0.25, 0.3) is 0 Å². The van der Waals surface area contributed by atoms with Crippen LogP contribution in [0.1, 0.15) is 19.8 Å². The monoisotopic (exact) mass is 315 g/mol. The van der Waals surface area contributed by atoms with Gasteiger partial charge < -0.3 is 0 Å². The molecule has 6 nitrogen and oxygen atoms in total. The zero-order chi connectivity index (χ0) is 15.1. The highest BCUT2D eigenvalue weighted by molar-refractivity contribution is 8.18. The number of thioether (sulfide) groups is 2. The van der Waals surface area contributed by atoms with Crippen molar-refractivity contribution < 1.29 is 14.4 Å². The fourth-order valence-corrected chi connectivity index (χ4v) is 4.06. The molecule has 0 amide bonds. The summed E-state index contributed by atoms with van der Waals surface area (Å²) in [7, 11) is 0. The number of rotatable bonds is 12. The average Bonchev–Trinajstić information content (AvgIpc) is 2.45. The Hall–Kier alpha value is -1.16. The van der Waals surface area contributed by atoms with E-state index in [0.29, 0.717) is 31.1 Å². The van der Waals surface area contributed by atoms with E-state index in [4.69, 9.17) is 0 Å². The second-order valence-electron chi connectivity index (χ2n) is 3.85. The van der Waals surface area contributed by atoms with Crippen molar-refractivity contribution in [2.45, 2.75) is 23.8 Å². The molecule has 0 spiro atoms. The molecule has 8 heteroatoms. The first-order valence-electron chi connectivity index (χ1n) is 6.07. The van der Waals surface area contributed by atoms with Crippen LogP contribution in [0.2, 0.25) is 0 Å². The SMILES string of the molecule is CC(CCCN=C=O)(SCCN=C=O)SCCN=C=O. The van der Waals surface area contributed by atoms with Crippen molar-refractivity contribution in [1.82, 2.24) is 0 Å². The van der Waals surface area contributed by atoms with Gasteiger partial charge in [-0.05, 0) is 19.8 Å². The summed E-state index contributed by atoms with van der Waals surface area (Å²) in [6.45, 7) is 3.41. The summed E-state index contributed by atoms with van der Waals surface area (Å²) in [4.78, 5) is 40.6. The third-order valence-electron chi connectivity index (χ3n) is 2.32. The number of aliphatic imine (C=N–C) groups is 3. The van der Waals surface area contributed by atoms with Crippen molar-refractivity contribution >= 4 is 41.8 Å². The molecule has 20 heavy (non-hydrogen) atoms. The zero-order valence-electron chi connectivity index (χ0n) is 11.3. The Balaban J connectivity index is 4.27. The Morgan fingerprint density at radius 1 is 0.850 bits per heavy atom. The molecule has 0 fully saturated rings. The lowest BCUT2D eigenvalue weighted by Crippen LogP contribution is -2.18. The smallest absolute Gasteiger partial charge is 0.211 e. The summed E-state index contributed by atoms with van der Waals surface area (Å²) in [5.74, 6) is 1.43. The molecule has 0 N–H and O–H groups in total. The lowest BCUT2D eigenvalue weighted by atomic mass is 10.2. The summed E-state index contributed by atoms with van der Waals surface area (Å²) in [5, 5.41) is 0. The summed E-state index contributed by atoms with van der Waals surface area (Å²) in [6, 6.07) is 0. The number of hydrogen-bond donors (Lipinski definition) is 0. The van der Waals surface area contributed by atoms with Crippen molar-refractivity contribution in [3.05, 3.63) is 0 Å². The Morgan fingerprint density at radius 2 is 1.30 bits per heavy atom. The standard InChI is InChI=1S/C12H17N3O3S2/c1-12(3-2-4-13-9-16,19-7-5-14-10-17)20-8-6-15-11-18/h2-8H2,1H3. The second-order valence-corrected chi connectivity index (χ2v) is 7.31. The number of nitrogens with zero attached hydrogens (tertiary/aromatic N) is 3. The molecule has 0 aliphatic carbocycles. The van der Waals surface area contributed by atoms with Crippen molar-refractivity contribution in [2.24, 2.45) is 15.0 Å². The normalized spacial score (nSPS) is 12.4. The molecule has 0 heterocycles. The van der Waals surface area contributed by atoms with Crippen LogP contribution in [0.15, 0.2) is 15.0 Å². The predicted octanol–water partition coefficient (Wildman–Crippen LogP) is 1.96. The molecule has 0 aromatic heterocycles. The van der Waals surface area contributed by atoms with Crippen molar-refractivity contribution in [2.75, 3.05) is 31.1 Å². The van der Waals surface area contributed by atoms with Crippen molar-refractivity contribution in [3.8, 4) is 0 Å². The lowest BCUT2D eigenvalue weighted by molar-refractivity contribution is 0.561. The Labute approximate surface area is 126 Å². The first-order valence-corrected chi connectivity index (χ1v) is 8.04. The Morgan fingerprint density at radius 3 is 1.75 bits per heavy atom. The zero-order valence-corrected chi connectivity index (χ0v) is 13.0. The Bertz CT molecular complexity index is 352. The molecule has 0 unspecified atom stereocenters. The third-order valence-corrected chi connectivity index (χ3v) is 5.43. The molecule has 0 bridgehead atoms. The van der Waals surface area contributed by atoms with Gasteiger partial charge >= 0.3 is 0 Å². The highest BCUT2D eigenvalue weighted by atomic mass is 32.2. The first-order chi connectivity index (χ1) is 9.68. The van der Waals surface area contributed by atoms with Gasteiger partial charge in [0.1, 0.15) is 0 Å². The highest BCUT2D eigenvalue weighted by Gasteiger charge is 2.24. The molecular formula is C12H17N3O3S2. The lowest BCUT2D eigenvalue weighted by Gasteiger charge is -2.28. The summed E-state index contributed by atoms with van der Waals surface area (Å²) in [6.07, 6.45) is 6.17. The molecule has 0 saturated carbocycles. The van der Waals surface area contributed by atoms with E-state index >= 15 is 0 Å². The number of isocyanates is 3. The van der Waals surface area contributed by atoms with Crippen LogP contribution < -0.4 is 0 Å². The van der Waals surface area contributed by atoms with Gasteiger partial charge in [-0.1, -0.05) is 0 Å². The largest absolute Gasteiger partial charge is 0.234 e. The van der Waals surface area contributed by atoms with E-state index in [1.54, 1.807) is 23.5 Å². The third kappa shape index (κ3) is 10.7. The fraction of sp³-hybridized carbons (Fsp3) is 0.750. The van der Waals surface area contributed by atoms with Crippen molar-refractivity contribution in [3.63, 3.8) is 0 Å². The molecule has 110 valence electrons. The van der Waals surface area contributed by atoms with Crippen LogP contribution in [-0.2, 0) is 14.4 Å².